The van der Waals surface area contributed by atoms with Gasteiger partial charge in [-0.2, -0.15) is 0 Å². The van der Waals surface area contributed by atoms with Crippen molar-refractivity contribution in [2.45, 2.75) is 52.0 Å². The van der Waals surface area contributed by atoms with Gasteiger partial charge < -0.3 is 15.4 Å². The highest BCUT2D eigenvalue weighted by Crippen LogP contribution is 2.17. The minimum Gasteiger partial charge on any atom is -0.456 e. The number of nitrogens with zero attached hydrogens (tertiary/aromatic N) is 1. The number of benzene rings is 1. The van der Waals surface area contributed by atoms with Crippen molar-refractivity contribution >= 4 is 23.8 Å². The van der Waals surface area contributed by atoms with Crippen molar-refractivity contribution < 1.29 is 23.9 Å². The minimum atomic E-state index is -0.976. The van der Waals surface area contributed by atoms with E-state index in [4.69, 9.17) is 4.74 Å². The zero-order valence-corrected chi connectivity index (χ0v) is 17.4. The molecule has 1 aliphatic heterocycles. The molecule has 1 aromatic rings. The Morgan fingerprint density at radius 2 is 1.83 bits per heavy atom. The number of imide groups is 1. The first-order valence-electron chi connectivity index (χ1n) is 9.75. The molecule has 29 heavy (non-hydrogen) atoms. The molecule has 1 fully saturated rings. The van der Waals surface area contributed by atoms with E-state index in [2.05, 4.69) is 36.6 Å². The molecule has 2 rings (SSSR count). The van der Waals surface area contributed by atoms with E-state index in [0.29, 0.717) is 18.9 Å². The first-order valence-corrected chi connectivity index (χ1v) is 9.75. The van der Waals surface area contributed by atoms with Crippen molar-refractivity contribution in [2.75, 3.05) is 19.7 Å². The molecular formula is C21H29N3O5. The van der Waals surface area contributed by atoms with Gasteiger partial charge in [-0.05, 0) is 37.3 Å². The third-order valence-corrected chi connectivity index (χ3v) is 4.73. The molecule has 2 N–H and O–H groups in total. The number of esters is 1. The summed E-state index contributed by atoms with van der Waals surface area (Å²) in [6.07, 6.45) is 0.519. The lowest BCUT2D eigenvalue weighted by molar-refractivity contribution is -0.149. The van der Waals surface area contributed by atoms with Crippen LogP contribution in [0.2, 0.25) is 0 Å². The molecule has 0 atom stereocenters. The molecule has 0 spiro atoms. The van der Waals surface area contributed by atoms with E-state index in [1.54, 1.807) is 13.8 Å². The summed E-state index contributed by atoms with van der Waals surface area (Å²) in [7, 11) is 0. The fraction of sp³-hybridized carbons (Fsp3) is 0.524. The lowest BCUT2D eigenvalue weighted by Crippen LogP contribution is -2.40. The standard InChI is InChI=1S/C21H29N3O5/c1-14(2)16-7-5-15(6-8-16)9-11-22-17(25)13-29-18(26)10-12-24-19(27)21(3,4)23-20(24)28/h5-8,14H,9-13H2,1-4H3,(H,22,25)(H,23,28). The summed E-state index contributed by atoms with van der Waals surface area (Å²) >= 11 is 0. The molecule has 0 aliphatic carbocycles. The maximum Gasteiger partial charge on any atom is 0.325 e. The molecule has 0 bridgehead atoms. The second-order valence-corrected chi connectivity index (χ2v) is 7.92. The van der Waals surface area contributed by atoms with Gasteiger partial charge in [-0.25, -0.2) is 4.79 Å². The number of hydrogen-bond acceptors (Lipinski definition) is 5. The van der Waals surface area contributed by atoms with Crippen molar-refractivity contribution in [3.63, 3.8) is 0 Å². The fourth-order valence-electron chi connectivity index (χ4n) is 2.91. The number of hydrogen-bond donors (Lipinski definition) is 2. The smallest absolute Gasteiger partial charge is 0.325 e. The van der Waals surface area contributed by atoms with Gasteiger partial charge in [-0.15, -0.1) is 0 Å². The number of carbonyl (C=O) groups is 4. The van der Waals surface area contributed by atoms with Gasteiger partial charge in [-0.1, -0.05) is 38.1 Å². The lowest BCUT2D eigenvalue weighted by Gasteiger charge is -2.15. The summed E-state index contributed by atoms with van der Waals surface area (Å²) in [5, 5.41) is 5.23. The molecule has 1 heterocycles. The topological polar surface area (TPSA) is 105 Å². The van der Waals surface area contributed by atoms with Crippen LogP contribution >= 0.6 is 0 Å². The van der Waals surface area contributed by atoms with Gasteiger partial charge in [0.1, 0.15) is 5.54 Å². The van der Waals surface area contributed by atoms with Crippen molar-refractivity contribution in [1.29, 1.82) is 0 Å². The van der Waals surface area contributed by atoms with Crippen molar-refractivity contribution in [3.05, 3.63) is 35.4 Å². The van der Waals surface area contributed by atoms with Crippen molar-refractivity contribution in [1.82, 2.24) is 15.5 Å². The molecule has 4 amide bonds. The minimum absolute atomic E-state index is 0.0824. The summed E-state index contributed by atoms with van der Waals surface area (Å²) < 4.78 is 4.91. The largest absolute Gasteiger partial charge is 0.456 e. The Morgan fingerprint density at radius 1 is 1.17 bits per heavy atom. The molecule has 8 heteroatoms. The Bertz CT molecular complexity index is 771. The van der Waals surface area contributed by atoms with Crippen molar-refractivity contribution in [3.8, 4) is 0 Å². The second-order valence-electron chi connectivity index (χ2n) is 7.92. The highest BCUT2D eigenvalue weighted by Gasteiger charge is 2.44. The second kappa shape index (κ2) is 9.54. The lowest BCUT2D eigenvalue weighted by atomic mass is 10.0. The first kappa shape index (κ1) is 22.4. The third kappa shape index (κ3) is 6.30. The summed E-state index contributed by atoms with van der Waals surface area (Å²) in [5.74, 6) is -0.958. The van der Waals surface area contributed by atoms with E-state index < -0.39 is 36.0 Å². The molecule has 0 saturated carbocycles. The maximum atomic E-state index is 12.0. The summed E-state index contributed by atoms with van der Waals surface area (Å²) in [6.45, 7) is 7.42. The Balaban J connectivity index is 1.64. The zero-order chi connectivity index (χ0) is 21.6. The van der Waals surface area contributed by atoms with Gasteiger partial charge in [-0.3, -0.25) is 19.3 Å². The summed E-state index contributed by atoms with van der Waals surface area (Å²) in [6, 6.07) is 7.70. The normalized spacial score (nSPS) is 15.4. The predicted octanol–water partition coefficient (Wildman–Crippen LogP) is 1.73. The highest BCUT2D eigenvalue weighted by molar-refractivity contribution is 6.06. The highest BCUT2D eigenvalue weighted by atomic mass is 16.5. The zero-order valence-electron chi connectivity index (χ0n) is 17.4. The average Bonchev–Trinajstić information content (AvgIpc) is 2.85. The van der Waals surface area contributed by atoms with Crippen LogP contribution in [0, 0.1) is 0 Å². The van der Waals surface area contributed by atoms with Crippen LogP contribution < -0.4 is 10.6 Å². The van der Waals surface area contributed by atoms with Gasteiger partial charge >= 0.3 is 12.0 Å². The molecule has 1 aliphatic rings. The molecule has 8 nitrogen and oxygen atoms in total. The first-order chi connectivity index (χ1) is 13.6. The Hall–Kier alpha value is -2.90. The van der Waals surface area contributed by atoms with E-state index in [1.807, 2.05) is 12.1 Å². The van der Waals surface area contributed by atoms with Crippen LogP contribution in [0.5, 0.6) is 0 Å². The quantitative estimate of drug-likeness (QED) is 0.483. The van der Waals surface area contributed by atoms with Crippen LogP contribution in [-0.2, 0) is 25.5 Å². The third-order valence-electron chi connectivity index (χ3n) is 4.73. The van der Waals surface area contributed by atoms with E-state index in [0.717, 1.165) is 10.5 Å². The SMILES string of the molecule is CC(C)c1ccc(CCNC(=O)COC(=O)CCN2C(=O)NC(C)(C)C2=O)cc1. The Morgan fingerprint density at radius 3 is 2.38 bits per heavy atom. The predicted molar refractivity (Wildman–Crippen MR) is 107 cm³/mol. The van der Waals surface area contributed by atoms with Gasteiger partial charge in [0.05, 0.1) is 6.42 Å². The molecule has 0 unspecified atom stereocenters. The number of nitrogens with one attached hydrogen (secondary N) is 2. The van der Waals surface area contributed by atoms with E-state index >= 15 is 0 Å². The van der Waals surface area contributed by atoms with Gasteiger partial charge in [0.2, 0.25) is 0 Å². The van der Waals surface area contributed by atoms with Crippen LogP contribution in [0.25, 0.3) is 0 Å². The molecule has 1 aromatic carbocycles. The molecular weight excluding hydrogens is 374 g/mol. The van der Waals surface area contributed by atoms with Crippen LogP contribution in [0.15, 0.2) is 24.3 Å². The number of urea groups is 1. The maximum absolute atomic E-state index is 12.0. The van der Waals surface area contributed by atoms with Gasteiger partial charge in [0, 0.05) is 13.1 Å². The molecule has 158 valence electrons. The van der Waals surface area contributed by atoms with Gasteiger partial charge in [0.15, 0.2) is 6.61 Å². The average molecular weight is 403 g/mol. The van der Waals surface area contributed by atoms with Gasteiger partial charge in [0.25, 0.3) is 11.8 Å². The number of carbonyl (C=O) groups excluding carboxylic acids is 4. The summed E-state index contributed by atoms with van der Waals surface area (Å²) in [5.41, 5.74) is 1.40. The Kier molecular flexibility index (Phi) is 7.36. The van der Waals surface area contributed by atoms with E-state index in [-0.39, 0.29) is 13.0 Å². The molecule has 0 radical (unpaired) electrons. The fourth-order valence-corrected chi connectivity index (χ4v) is 2.91. The number of ether oxygens (including phenoxy) is 1. The monoisotopic (exact) mass is 403 g/mol. The van der Waals surface area contributed by atoms with Crippen molar-refractivity contribution in [2.24, 2.45) is 0 Å². The Labute approximate surface area is 171 Å². The van der Waals surface area contributed by atoms with E-state index in [1.165, 1.54) is 5.56 Å². The number of amides is 4. The van der Waals surface area contributed by atoms with Crippen LogP contribution in [-0.4, -0.2) is 54.0 Å². The summed E-state index contributed by atoms with van der Waals surface area (Å²) in [4.78, 5) is 48.4. The molecule has 0 aromatic heterocycles. The van der Waals surface area contributed by atoms with Crippen LogP contribution in [0.4, 0.5) is 4.79 Å². The van der Waals surface area contributed by atoms with Crippen LogP contribution in [0.1, 0.15) is 51.2 Å². The molecule has 1 saturated heterocycles. The number of rotatable bonds is 9. The van der Waals surface area contributed by atoms with E-state index in [9.17, 15) is 19.2 Å². The van der Waals surface area contributed by atoms with Crippen LogP contribution in [0.3, 0.4) is 0 Å².